The molecule has 0 atom stereocenters. The molecule has 0 saturated carbocycles. The van der Waals surface area contributed by atoms with Crippen LogP contribution in [0.3, 0.4) is 0 Å². The third-order valence-corrected chi connectivity index (χ3v) is 7.85. The van der Waals surface area contributed by atoms with Crippen molar-refractivity contribution in [2.24, 2.45) is 0 Å². The molecular formula is C18H16Cl2N2O3S2. The van der Waals surface area contributed by atoms with Gasteiger partial charge in [-0.05, 0) is 49.2 Å². The highest BCUT2D eigenvalue weighted by molar-refractivity contribution is 7.89. The first kappa shape index (κ1) is 19.0. The number of ether oxygens (including phenoxy) is 1. The van der Waals surface area contributed by atoms with E-state index < -0.39 is 10.0 Å². The van der Waals surface area contributed by atoms with Crippen molar-refractivity contribution in [3.63, 3.8) is 0 Å². The summed E-state index contributed by atoms with van der Waals surface area (Å²) in [6.07, 6.45) is 1.15. The summed E-state index contributed by atoms with van der Waals surface area (Å²) in [6.45, 7) is 0.808. The minimum absolute atomic E-state index is 0.0685. The Bertz CT molecular complexity index is 1060. The molecule has 2 aromatic carbocycles. The van der Waals surface area contributed by atoms with Crippen LogP contribution < -0.4 is 4.74 Å². The molecule has 0 radical (unpaired) electrons. The van der Waals surface area contributed by atoms with Crippen molar-refractivity contribution in [1.82, 2.24) is 9.29 Å². The topological polar surface area (TPSA) is 59.5 Å². The molecular weight excluding hydrogens is 427 g/mol. The van der Waals surface area contributed by atoms with Gasteiger partial charge in [-0.2, -0.15) is 4.31 Å². The lowest BCUT2D eigenvalue weighted by atomic mass is 10.1. The van der Waals surface area contributed by atoms with E-state index in [1.54, 1.807) is 18.2 Å². The van der Waals surface area contributed by atoms with Crippen molar-refractivity contribution in [2.75, 3.05) is 13.1 Å². The number of piperidine rings is 1. The van der Waals surface area contributed by atoms with Crippen LogP contribution in [0.2, 0.25) is 10.0 Å². The molecule has 3 aromatic rings. The molecule has 2 heterocycles. The highest BCUT2D eigenvalue weighted by atomic mass is 35.5. The summed E-state index contributed by atoms with van der Waals surface area (Å²) in [6, 6.07) is 11.9. The summed E-state index contributed by atoms with van der Waals surface area (Å²) in [5, 5.41) is 1.68. The lowest BCUT2D eigenvalue weighted by Gasteiger charge is -2.30. The van der Waals surface area contributed by atoms with Crippen molar-refractivity contribution in [3.8, 4) is 5.19 Å². The largest absolute Gasteiger partial charge is 0.467 e. The molecule has 0 spiro atoms. The summed E-state index contributed by atoms with van der Waals surface area (Å²) in [5.74, 6) is 0. The van der Waals surface area contributed by atoms with E-state index >= 15 is 0 Å². The van der Waals surface area contributed by atoms with Gasteiger partial charge in [0.05, 0.1) is 14.6 Å². The second-order valence-corrected chi connectivity index (χ2v) is 10.0. The van der Waals surface area contributed by atoms with Gasteiger partial charge in [-0.25, -0.2) is 13.4 Å². The minimum atomic E-state index is -3.51. The number of thiazole rings is 1. The molecule has 27 heavy (non-hydrogen) atoms. The van der Waals surface area contributed by atoms with Crippen molar-refractivity contribution in [3.05, 3.63) is 52.5 Å². The van der Waals surface area contributed by atoms with Gasteiger partial charge in [-0.1, -0.05) is 40.6 Å². The lowest BCUT2D eigenvalue weighted by molar-refractivity contribution is 0.135. The normalized spacial score (nSPS) is 16.7. The first-order chi connectivity index (χ1) is 12.9. The van der Waals surface area contributed by atoms with Crippen LogP contribution in [0.25, 0.3) is 10.2 Å². The summed E-state index contributed by atoms with van der Waals surface area (Å²) in [5.41, 5.74) is 0.738. The van der Waals surface area contributed by atoms with Crippen molar-refractivity contribution < 1.29 is 13.2 Å². The molecule has 0 amide bonds. The minimum Gasteiger partial charge on any atom is -0.467 e. The average Bonchev–Trinajstić information content (AvgIpc) is 3.06. The standard InChI is InChI=1S/C18H16Cl2N2O3S2/c19-12-4-6-14(7-5-12)27(23,24)22-10-8-13(9-11-22)25-18-21-17-15(20)2-1-3-16(17)26-18/h1-7,13H,8-11H2. The fraction of sp³-hybridized carbons (Fsp3) is 0.278. The van der Waals surface area contributed by atoms with Crippen LogP contribution in [0.15, 0.2) is 47.4 Å². The predicted octanol–water partition coefficient (Wildman–Crippen LogP) is 4.84. The third-order valence-electron chi connectivity index (χ3n) is 4.47. The summed E-state index contributed by atoms with van der Waals surface area (Å²) >= 11 is 13.4. The second kappa shape index (κ2) is 7.56. The maximum atomic E-state index is 12.7. The van der Waals surface area contributed by atoms with E-state index in [1.807, 2.05) is 12.1 Å². The van der Waals surface area contributed by atoms with Gasteiger partial charge < -0.3 is 4.74 Å². The molecule has 5 nitrogen and oxygen atoms in total. The average molecular weight is 443 g/mol. The Morgan fingerprint density at radius 1 is 1.07 bits per heavy atom. The van der Waals surface area contributed by atoms with Crippen LogP contribution >= 0.6 is 34.5 Å². The van der Waals surface area contributed by atoms with Gasteiger partial charge in [-0.3, -0.25) is 0 Å². The maximum Gasteiger partial charge on any atom is 0.274 e. The molecule has 142 valence electrons. The van der Waals surface area contributed by atoms with E-state index in [9.17, 15) is 8.42 Å². The summed E-state index contributed by atoms with van der Waals surface area (Å²) in [4.78, 5) is 4.71. The quantitative estimate of drug-likeness (QED) is 0.579. The summed E-state index contributed by atoms with van der Waals surface area (Å²) in [7, 11) is -3.51. The van der Waals surface area contributed by atoms with E-state index in [2.05, 4.69) is 4.98 Å². The molecule has 1 aromatic heterocycles. The van der Waals surface area contributed by atoms with Crippen molar-refractivity contribution >= 4 is 54.8 Å². The van der Waals surface area contributed by atoms with Gasteiger partial charge >= 0.3 is 0 Å². The second-order valence-electron chi connectivity index (χ2n) is 6.24. The van der Waals surface area contributed by atoms with E-state index in [-0.39, 0.29) is 11.0 Å². The van der Waals surface area contributed by atoms with Gasteiger partial charge in [0.15, 0.2) is 0 Å². The molecule has 0 bridgehead atoms. The molecule has 0 aliphatic carbocycles. The highest BCUT2D eigenvalue weighted by Crippen LogP contribution is 2.33. The van der Waals surface area contributed by atoms with Crippen LogP contribution in [0.4, 0.5) is 0 Å². The number of benzene rings is 2. The van der Waals surface area contributed by atoms with Crippen LogP contribution in [0.5, 0.6) is 5.19 Å². The molecule has 1 aliphatic heterocycles. The molecule has 4 rings (SSSR count). The molecule has 1 saturated heterocycles. The smallest absolute Gasteiger partial charge is 0.274 e. The Labute approximate surface area is 171 Å². The Morgan fingerprint density at radius 2 is 1.78 bits per heavy atom. The molecule has 1 fully saturated rings. The van der Waals surface area contributed by atoms with Gasteiger partial charge in [0, 0.05) is 18.1 Å². The number of nitrogens with zero attached hydrogens (tertiary/aromatic N) is 2. The first-order valence-corrected chi connectivity index (χ1v) is 11.4. The number of hydrogen-bond donors (Lipinski definition) is 0. The van der Waals surface area contributed by atoms with E-state index in [0.717, 1.165) is 10.2 Å². The zero-order chi connectivity index (χ0) is 19.0. The Balaban J connectivity index is 1.42. The maximum absolute atomic E-state index is 12.7. The van der Waals surface area contributed by atoms with Crippen molar-refractivity contribution in [1.29, 1.82) is 0 Å². The Kier molecular flexibility index (Phi) is 5.31. The Hall–Kier alpha value is -1.38. The highest BCUT2D eigenvalue weighted by Gasteiger charge is 2.30. The number of para-hydroxylation sites is 1. The number of rotatable bonds is 4. The number of sulfonamides is 1. The summed E-state index contributed by atoms with van der Waals surface area (Å²) < 4.78 is 33.9. The van der Waals surface area contributed by atoms with Crippen LogP contribution in [-0.4, -0.2) is 36.9 Å². The SMILES string of the molecule is O=S(=O)(c1ccc(Cl)cc1)N1CCC(Oc2nc3c(Cl)cccc3s2)CC1. The first-order valence-electron chi connectivity index (χ1n) is 8.41. The van der Waals surface area contributed by atoms with E-state index in [1.165, 1.54) is 27.8 Å². The molecule has 9 heteroatoms. The fourth-order valence-electron chi connectivity index (χ4n) is 3.03. The van der Waals surface area contributed by atoms with Gasteiger partial charge in [-0.15, -0.1) is 0 Å². The lowest BCUT2D eigenvalue weighted by Crippen LogP contribution is -2.41. The van der Waals surface area contributed by atoms with E-state index in [0.29, 0.717) is 41.2 Å². The van der Waals surface area contributed by atoms with Crippen LogP contribution in [0.1, 0.15) is 12.8 Å². The van der Waals surface area contributed by atoms with Crippen LogP contribution in [-0.2, 0) is 10.0 Å². The van der Waals surface area contributed by atoms with Crippen molar-refractivity contribution in [2.45, 2.75) is 23.8 Å². The predicted molar refractivity (Wildman–Crippen MR) is 108 cm³/mol. The number of halogens is 2. The van der Waals surface area contributed by atoms with Gasteiger partial charge in [0.1, 0.15) is 11.6 Å². The van der Waals surface area contributed by atoms with Gasteiger partial charge in [0.2, 0.25) is 10.0 Å². The molecule has 0 N–H and O–H groups in total. The number of aromatic nitrogens is 1. The van der Waals surface area contributed by atoms with Gasteiger partial charge in [0.25, 0.3) is 5.19 Å². The molecule has 1 aliphatic rings. The number of hydrogen-bond acceptors (Lipinski definition) is 5. The third kappa shape index (κ3) is 3.93. The van der Waals surface area contributed by atoms with Crippen LogP contribution in [0, 0.1) is 0 Å². The zero-order valence-corrected chi connectivity index (χ0v) is 17.3. The Morgan fingerprint density at radius 3 is 2.44 bits per heavy atom. The molecule has 0 unspecified atom stereocenters. The monoisotopic (exact) mass is 442 g/mol. The van der Waals surface area contributed by atoms with E-state index in [4.69, 9.17) is 27.9 Å². The number of fused-ring (bicyclic) bond motifs is 1. The zero-order valence-electron chi connectivity index (χ0n) is 14.1. The fourth-order valence-corrected chi connectivity index (χ4v) is 5.81.